The number of nitrogens with one attached hydrogen (secondary N) is 1. The average molecular weight is 513 g/mol. The highest BCUT2D eigenvalue weighted by Gasteiger charge is 2.23. The van der Waals surface area contributed by atoms with Gasteiger partial charge in [0.25, 0.3) is 0 Å². The molecule has 0 atom stereocenters. The lowest BCUT2D eigenvalue weighted by molar-refractivity contribution is 0.103. The van der Waals surface area contributed by atoms with Crippen molar-refractivity contribution in [3.05, 3.63) is 112 Å². The maximum atomic E-state index is 13.9. The molecule has 0 unspecified atom stereocenters. The molecule has 0 fully saturated rings. The van der Waals surface area contributed by atoms with E-state index in [0.29, 0.717) is 22.2 Å². The zero-order valence-electron chi connectivity index (χ0n) is 17.4. The summed E-state index contributed by atoms with van der Waals surface area (Å²) < 4.78 is 16.2. The quantitative estimate of drug-likeness (QED) is 0.306. The van der Waals surface area contributed by atoms with Gasteiger partial charge in [0, 0.05) is 38.8 Å². The first-order valence-electron chi connectivity index (χ1n) is 10.4. The van der Waals surface area contributed by atoms with Crippen LogP contribution < -0.4 is 0 Å². The van der Waals surface area contributed by atoms with Crippen LogP contribution in [0.2, 0.25) is 0 Å². The molecule has 0 radical (unpaired) electrons. The van der Waals surface area contributed by atoms with Crippen molar-refractivity contribution in [1.82, 2.24) is 19.6 Å². The number of rotatable bonds is 4. The number of benzene rings is 3. The molecule has 0 aliphatic carbocycles. The molecule has 3 heterocycles. The summed E-state index contributed by atoms with van der Waals surface area (Å²) in [5.74, 6) is -1.11. The Hall–Kier alpha value is -4.17. The summed E-state index contributed by atoms with van der Waals surface area (Å²) in [5.41, 5.74) is 3.07. The van der Waals surface area contributed by atoms with Crippen LogP contribution >= 0.6 is 15.9 Å². The van der Waals surface area contributed by atoms with Gasteiger partial charge in [0.1, 0.15) is 11.5 Å². The summed E-state index contributed by atoms with van der Waals surface area (Å²) in [6, 6.07) is 19.9. The molecule has 6 nitrogen and oxygen atoms in total. The third-order valence-electron chi connectivity index (χ3n) is 5.74. The topological polar surface area (TPSA) is 80.1 Å². The molecule has 0 amide bonds. The van der Waals surface area contributed by atoms with E-state index in [-0.39, 0.29) is 28.5 Å². The summed E-state index contributed by atoms with van der Waals surface area (Å²) in [6.07, 6.45) is 1.64. The number of ketones is 2. The van der Waals surface area contributed by atoms with Gasteiger partial charge in [-0.2, -0.15) is 5.10 Å². The van der Waals surface area contributed by atoms with Crippen LogP contribution in [-0.4, -0.2) is 31.1 Å². The number of carbonyl (C=O) groups excluding carboxylic acids is 2. The van der Waals surface area contributed by atoms with Gasteiger partial charge in [-0.3, -0.25) is 9.59 Å². The first kappa shape index (κ1) is 20.4. The lowest BCUT2D eigenvalue weighted by Gasteiger charge is -2.07. The van der Waals surface area contributed by atoms with Crippen molar-refractivity contribution in [3.63, 3.8) is 0 Å². The molecular weight excluding hydrogens is 499 g/mol. The maximum Gasteiger partial charge on any atom is 0.213 e. The molecule has 34 heavy (non-hydrogen) atoms. The van der Waals surface area contributed by atoms with Crippen molar-refractivity contribution in [1.29, 1.82) is 0 Å². The lowest BCUT2D eigenvalue weighted by Crippen LogP contribution is -2.12. The van der Waals surface area contributed by atoms with E-state index in [1.165, 1.54) is 28.8 Å². The average Bonchev–Trinajstić information content (AvgIpc) is 3.44. The Morgan fingerprint density at radius 1 is 0.912 bits per heavy atom. The maximum absolute atomic E-state index is 13.9. The number of H-pyrrole nitrogens is 1. The summed E-state index contributed by atoms with van der Waals surface area (Å²) in [5, 5.41) is 5.24. The van der Waals surface area contributed by atoms with Crippen LogP contribution in [0.5, 0.6) is 0 Å². The molecule has 1 N–H and O–H groups in total. The summed E-state index contributed by atoms with van der Waals surface area (Å²) in [7, 11) is 0. The van der Waals surface area contributed by atoms with Crippen LogP contribution in [0.15, 0.2) is 83.5 Å². The second kappa shape index (κ2) is 7.71. The highest BCUT2D eigenvalue weighted by atomic mass is 79.9. The first-order chi connectivity index (χ1) is 16.5. The van der Waals surface area contributed by atoms with Gasteiger partial charge in [-0.15, -0.1) is 0 Å². The Labute approximate surface area is 200 Å². The number of aromatic nitrogens is 4. The molecule has 3 aromatic heterocycles. The summed E-state index contributed by atoms with van der Waals surface area (Å²) in [4.78, 5) is 34.6. The Morgan fingerprint density at radius 3 is 2.53 bits per heavy atom. The number of imidazole rings is 1. The van der Waals surface area contributed by atoms with E-state index in [2.05, 4.69) is 31.0 Å². The van der Waals surface area contributed by atoms with E-state index < -0.39 is 5.82 Å². The highest BCUT2D eigenvalue weighted by molar-refractivity contribution is 9.10. The molecular formula is C26H14BrFN4O2. The molecule has 0 saturated carbocycles. The van der Waals surface area contributed by atoms with E-state index in [1.54, 1.807) is 30.5 Å². The monoisotopic (exact) mass is 512 g/mol. The predicted octanol–water partition coefficient (Wildman–Crippen LogP) is 5.73. The Morgan fingerprint density at radius 2 is 1.71 bits per heavy atom. The van der Waals surface area contributed by atoms with Gasteiger partial charge in [-0.25, -0.2) is 13.9 Å². The molecule has 0 aliphatic heterocycles. The number of para-hydroxylation sites is 1. The highest BCUT2D eigenvalue weighted by Crippen LogP contribution is 2.26. The van der Waals surface area contributed by atoms with Gasteiger partial charge in [0.2, 0.25) is 5.78 Å². The second-order valence-electron chi connectivity index (χ2n) is 7.84. The van der Waals surface area contributed by atoms with Crippen LogP contribution in [-0.2, 0) is 0 Å². The lowest BCUT2D eigenvalue weighted by atomic mass is 10.0. The van der Waals surface area contributed by atoms with Crippen molar-refractivity contribution in [3.8, 4) is 0 Å². The minimum absolute atomic E-state index is 0.0849. The molecule has 8 heteroatoms. The number of carbonyl (C=O) groups is 2. The van der Waals surface area contributed by atoms with Crippen molar-refractivity contribution in [2.75, 3.05) is 0 Å². The molecule has 6 rings (SSSR count). The number of halogens is 2. The molecule has 0 aliphatic rings. The van der Waals surface area contributed by atoms with Crippen LogP contribution in [0, 0.1) is 5.82 Å². The third-order valence-corrected chi connectivity index (χ3v) is 6.27. The fraction of sp³-hybridized carbons (Fsp3) is 0. The van der Waals surface area contributed by atoms with Crippen molar-refractivity contribution < 1.29 is 14.0 Å². The molecule has 164 valence electrons. The van der Waals surface area contributed by atoms with Crippen LogP contribution in [0.1, 0.15) is 32.0 Å². The number of nitrogens with zero attached hydrogens (tertiary/aromatic N) is 3. The van der Waals surface area contributed by atoms with Gasteiger partial charge in [0.15, 0.2) is 11.4 Å². The molecule has 0 spiro atoms. The second-order valence-corrected chi connectivity index (χ2v) is 8.75. The van der Waals surface area contributed by atoms with Gasteiger partial charge in [-0.05, 0) is 48.5 Å². The van der Waals surface area contributed by atoms with Gasteiger partial charge < -0.3 is 4.98 Å². The number of fused-ring (bicyclic) bond motifs is 4. The van der Waals surface area contributed by atoms with Crippen molar-refractivity contribution in [2.24, 2.45) is 0 Å². The van der Waals surface area contributed by atoms with E-state index in [9.17, 15) is 14.0 Å². The molecule has 3 aromatic carbocycles. The fourth-order valence-corrected chi connectivity index (χ4v) is 4.35. The Bertz CT molecular complexity index is 1770. The minimum atomic E-state index is -0.452. The largest absolute Gasteiger partial charge is 0.360 e. The summed E-state index contributed by atoms with van der Waals surface area (Å²) >= 11 is 3.37. The standard InChI is InChI=1S/C26H14BrFN4O2/c27-15-7-5-14(6-8-15)24(33)22-12-18(25(34)19-13-29-20-4-2-1-3-17(19)20)26-30-21-11-16(28)9-10-23(21)32(26)31-22/h1-13,29H. The molecule has 6 aromatic rings. The van der Waals surface area contributed by atoms with Crippen LogP contribution in [0.25, 0.3) is 27.6 Å². The van der Waals surface area contributed by atoms with Crippen molar-refractivity contribution >= 4 is 55.1 Å². The number of hydrogen-bond donors (Lipinski definition) is 1. The van der Waals surface area contributed by atoms with E-state index in [1.807, 2.05) is 24.3 Å². The zero-order chi connectivity index (χ0) is 23.4. The summed E-state index contributed by atoms with van der Waals surface area (Å²) in [6.45, 7) is 0. The van der Waals surface area contributed by atoms with E-state index in [0.717, 1.165) is 15.4 Å². The Balaban J connectivity index is 1.61. The SMILES string of the molecule is O=C(c1ccc(Br)cc1)c1cc(C(=O)c2c[nH]c3ccccc23)c2nc3cc(F)ccc3n2n1. The van der Waals surface area contributed by atoms with Gasteiger partial charge >= 0.3 is 0 Å². The number of aromatic amines is 1. The normalized spacial score (nSPS) is 11.5. The predicted molar refractivity (Wildman–Crippen MR) is 130 cm³/mol. The van der Waals surface area contributed by atoms with Crippen molar-refractivity contribution in [2.45, 2.75) is 0 Å². The Kier molecular flexibility index (Phi) is 4.63. The minimum Gasteiger partial charge on any atom is -0.360 e. The fourth-order valence-electron chi connectivity index (χ4n) is 4.09. The van der Waals surface area contributed by atoms with Crippen LogP contribution in [0.4, 0.5) is 4.39 Å². The van der Waals surface area contributed by atoms with E-state index in [4.69, 9.17) is 0 Å². The first-order valence-corrected chi connectivity index (χ1v) is 11.2. The zero-order valence-corrected chi connectivity index (χ0v) is 19.0. The van der Waals surface area contributed by atoms with Gasteiger partial charge in [-0.1, -0.05) is 34.1 Å². The smallest absolute Gasteiger partial charge is 0.213 e. The molecule has 0 bridgehead atoms. The third kappa shape index (κ3) is 3.22. The van der Waals surface area contributed by atoms with Crippen LogP contribution in [0.3, 0.4) is 0 Å². The molecule has 0 saturated heterocycles. The van der Waals surface area contributed by atoms with E-state index >= 15 is 0 Å². The van der Waals surface area contributed by atoms with Gasteiger partial charge in [0.05, 0.1) is 16.6 Å². The number of hydrogen-bond acceptors (Lipinski definition) is 4.